The quantitative estimate of drug-likeness (QED) is 0.359. The third kappa shape index (κ3) is 7.26. The Labute approximate surface area is 178 Å². The molecule has 0 aliphatic carbocycles. The van der Waals surface area contributed by atoms with Crippen LogP contribution in [0.15, 0.2) is 53.5 Å². The fourth-order valence-corrected chi connectivity index (χ4v) is 2.43. The molecule has 2 aromatic rings. The van der Waals surface area contributed by atoms with E-state index in [-0.39, 0.29) is 24.0 Å². The number of aliphatic imine (C=N–C) groups is 1. The van der Waals surface area contributed by atoms with Crippen molar-refractivity contribution >= 4 is 29.9 Å². The average Bonchev–Trinajstić information content (AvgIpc) is 2.67. The second-order valence-electron chi connectivity index (χ2n) is 6.06. The second-order valence-corrected chi connectivity index (χ2v) is 6.06. The van der Waals surface area contributed by atoms with Gasteiger partial charge >= 0.3 is 0 Å². The van der Waals surface area contributed by atoms with E-state index >= 15 is 0 Å². The molecule has 1 unspecified atom stereocenters. The van der Waals surface area contributed by atoms with E-state index in [1.807, 2.05) is 49.3 Å². The van der Waals surface area contributed by atoms with Crippen molar-refractivity contribution in [2.75, 3.05) is 34.9 Å². The van der Waals surface area contributed by atoms with Crippen LogP contribution in [-0.4, -0.2) is 50.8 Å². The van der Waals surface area contributed by atoms with Crippen molar-refractivity contribution in [2.45, 2.75) is 12.6 Å². The van der Waals surface area contributed by atoms with Crippen molar-refractivity contribution in [1.29, 1.82) is 0 Å². The number of methoxy groups -OCH3 is 2. The number of benzene rings is 2. The highest BCUT2D eigenvalue weighted by atomic mass is 127. The molecule has 2 rings (SSSR count). The van der Waals surface area contributed by atoms with Crippen LogP contribution in [0, 0.1) is 0 Å². The van der Waals surface area contributed by atoms with E-state index in [1.54, 1.807) is 32.4 Å². The second kappa shape index (κ2) is 11.7. The molecule has 0 heterocycles. The molecule has 0 aliphatic heterocycles. The maximum Gasteiger partial charge on any atom is 0.193 e. The number of rotatable bonds is 7. The lowest BCUT2D eigenvalue weighted by molar-refractivity contribution is 0.179. The molecular weight excluding hydrogens is 457 g/mol. The van der Waals surface area contributed by atoms with E-state index < -0.39 is 6.10 Å². The molecule has 0 saturated heterocycles. The van der Waals surface area contributed by atoms with Crippen molar-refractivity contribution in [3.8, 4) is 11.5 Å². The van der Waals surface area contributed by atoms with Gasteiger partial charge in [0.05, 0.1) is 26.9 Å². The number of ether oxygens (including phenoxy) is 2. The summed E-state index contributed by atoms with van der Waals surface area (Å²) >= 11 is 0. The molecule has 0 aliphatic rings. The number of aliphatic hydroxyl groups is 1. The van der Waals surface area contributed by atoms with Crippen molar-refractivity contribution in [3.05, 3.63) is 59.7 Å². The Kier molecular flexibility index (Phi) is 9.95. The molecule has 0 amide bonds. The van der Waals surface area contributed by atoms with Gasteiger partial charge in [-0.05, 0) is 23.3 Å². The van der Waals surface area contributed by atoms with Crippen LogP contribution in [0.25, 0.3) is 0 Å². The van der Waals surface area contributed by atoms with Crippen LogP contribution in [0.2, 0.25) is 0 Å². The van der Waals surface area contributed by atoms with E-state index in [2.05, 4.69) is 10.3 Å². The Morgan fingerprint density at radius 1 is 1.07 bits per heavy atom. The first-order valence-corrected chi connectivity index (χ1v) is 8.44. The van der Waals surface area contributed by atoms with Crippen molar-refractivity contribution in [3.63, 3.8) is 0 Å². The zero-order valence-corrected chi connectivity index (χ0v) is 18.5. The highest BCUT2D eigenvalue weighted by Crippen LogP contribution is 2.26. The van der Waals surface area contributed by atoms with Crippen molar-refractivity contribution in [2.24, 2.45) is 4.99 Å². The van der Waals surface area contributed by atoms with Gasteiger partial charge in [0.1, 0.15) is 11.5 Å². The summed E-state index contributed by atoms with van der Waals surface area (Å²) in [5.74, 6) is 2.00. The highest BCUT2D eigenvalue weighted by Gasteiger charge is 2.12. The van der Waals surface area contributed by atoms with Gasteiger partial charge in [0.15, 0.2) is 5.96 Å². The van der Waals surface area contributed by atoms with Gasteiger partial charge in [0, 0.05) is 26.7 Å². The standard InChI is InChI=1S/C20H27N3O3.HI/c1-23(2)20(21-13-15-8-6-5-7-9-15)22-14-19(24)16-10-17(25-3)12-18(11-16)26-4;/h5-12,19,24H,13-14H2,1-4H3,(H,21,22);1H. The van der Waals surface area contributed by atoms with Gasteiger partial charge in [0.25, 0.3) is 0 Å². The molecule has 0 bridgehead atoms. The van der Waals surface area contributed by atoms with Crippen LogP contribution in [0.5, 0.6) is 11.5 Å². The smallest absolute Gasteiger partial charge is 0.193 e. The molecule has 1 atom stereocenters. The van der Waals surface area contributed by atoms with Crippen LogP contribution >= 0.6 is 24.0 Å². The first kappa shape index (κ1) is 23.0. The molecule has 0 spiro atoms. The molecule has 0 radical (unpaired) electrons. The summed E-state index contributed by atoms with van der Waals surface area (Å²) in [4.78, 5) is 6.49. The predicted molar refractivity (Wildman–Crippen MR) is 119 cm³/mol. The molecule has 0 aromatic heterocycles. The fraction of sp³-hybridized carbons (Fsp3) is 0.350. The van der Waals surface area contributed by atoms with Crippen LogP contribution in [0.3, 0.4) is 0 Å². The summed E-state index contributed by atoms with van der Waals surface area (Å²) in [5.41, 5.74) is 1.85. The molecular formula is C20H28IN3O3. The topological polar surface area (TPSA) is 66.3 Å². The molecule has 0 saturated carbocycles. The zero-order valence-electron chi connectivity index (χ0n) is 16.2. The Hall–Kier alpha value is -2.00. The Bertz CT molecular complexity index is 701. The zero-order chi connectivity index (χ0) is 18.9. The van der Waals surface area contributed by atoms with Gasteiger partial charge < -0.3 is 24.8 Å². The van der Waals surface area contributed by atoms with Crippen molar-refractivity contribution in [1.82, 2.24) is 10.2 Å². The number of nitrogens with one attached hydrogen (secondary N) is 1. The SMILES string of the molecule is COc1cc(OC)cc(C(O)CNC(=NCc2ccccc2)N(C)C)c1.I. The van der Waals surface area contributed by atoms with Crippen molar-refractivity contribution < 1.29 is 14.6 Å². The Balaban J connectivity index is 0.00000364. The summed E-state index contributed by atoms with van der Waals surface area (Å²) in [7, 11) is 7.00. The molecule has 2 N–H and O–H groups in total. The minimum absolute atomic E-state index is 0. The fourth-order valence-electron chi connectivity index (χ4n) is 2.43. The maximum absolute atomic E-state index is 10.5. The van der Waals surface area contributed by atoms with Crippen LogP contribution in [-0.2, 0) is 6.54 Å². The van der Waals surface area contributed by atoms with Gasteiger partial charge in [-0.25, -0.2) is 4.99 Å². The summed E-state index contributed by atoms with van der Waals surface area (Å²) in [6, 6.07) is 15.4. The highest BCUT2D eigenvalue weighted by molar-refractivity contribution is 14.0. The molecule has 6 nitrogen and oxygen atoms in total. The number of nitrogens with zero attached hydrogens (tertiary/aromatic N) is 2. The molecule has 148 valence electrons. The minimum Gasteiger partial charge on any atom is -0.497 e. The molecule has 7 heteroatoms. The van der Waals surface area contributed by atoms with E-state index in [4.69, 9.17) is 9.47 Å². The lowest BCUT2D eigenvalue weighted by atomic mass is 10.1. The van der Waals surface area contributed by atoms with Gasteiger partial charge in [-0.3, -0.25) is 0 Å². The summed E-state index contributed by atoms with van der Waals surface area (Å²) in [6.45, 7) is 0.895. The van der Waals surface area contributed by atoms with Gasteiger partial charge in [-0.15, -0.1) is 24.0 Å². The van der Waals surface area contributed by atoms with E-state index in [0.717, 1.165) is 11.1 Å². The summed E-state index contributed by atoms with van der Waals surface area (Å²) < 4.78 is 10.5. The van der Waals surface area contributed by atoms with E-state index in [1.165, 1.54) is 0 Å². The largest absolute Gasteiger partial charge is 0.497 e. The van der Waals surface area contributed by atoms with Crippen LogP contribution in [0.4, 0.5) is 0 Å². The van der Waals surface area contributed by atoms with Gasteiger partial charge in [-0.2, -0.15) is 0 Å². The summed E-state index contributed by atoms with van der Waals surface area (Å²) in [5, 5.41) is 13.7. The Morgan fingerprint density at radius 2 is 1.67 bits per heavy atom. The number of halogens is 1. The first-order valence-electron chi connectivity index (χ1n) is 8.44. The van der Waals surface area contributed by atoms with Gasteiger partial charge in [-0.1, -0.05) is 30.3 Å². The monoisotopic (exact) mass is 485 g/mol. The number of hydrogen-bond acceptors (Lipinski definition) is 4. The third-order valence-electron chi connectivity index (χ3n) is 3.89. The maximum atomic E-state index is 10.5. The normalized spacial score (nSPS) is 12.0. The van der Waals surface area contributed by atoms with Crippen LogP contribution in [0.1, 0.15) is 17.2 Å². The number of guanidine groups is 1. The molecule has 27 heavy (non-hydrogen) atoms. The Morgan fingerprint density at radius 3 is 2.19 bits per heavy atom. The van der Waals surface area contributed by atoms with Crippen LogP contribution < -0.4 is 14.8 Å². The number of aliphatic hydroxyl groups excluding tert-OH is 1. The lowest BCUT2D eigenvalue weighted by Gasteiger charge is -2.20. The predicted octanol–water partition coefficient (Wildman–Crippen LogP) is 3.06. The third-order valence-corrected chi connectivity index (χ3v) is 3.89. The first-order chi connectivity index (χ1) is 12.5. The average molecular weight is 485 g/mol. The van der Waals surface area contributed by atoms with E-state index in [9.17, 15) is 5.11 Å². The molecule has 0 fully saturated rings. The lowest BCUT2D eigenvalue weighted by Crippen LogP contribution is -2.38. The van der Waals surface area contributed by atoms with E-state index in [0.29, 0.717) is 30.5 Å². The number of hydrogen-bond donors (Lipinski definition) is 2. The van der Waals surface area contributed by atoms with Gasteiger partial charge in [0.2, 0.25) is 0 Å². The summed E-state index contributed by atoms with van der Waals surface area (Å²) in [6.07, 6.45) is -0.721. The minimum atomic E-state index is -0.721. The molecule has 2 aromatic carbocycles.